The Morgan fingerprint density at radius 3 is 2.70 bits per heavy atom. The number of rotatable bonds is 8. The number of nitrogens with zero attached hydrogens (tertiary/aromatic N) is 1. The standard InChI is InChI=1S/C14H21FN2O3/c1-11(10-18)17(2)9-14(19)16-7-8-20-13-5-3-12(15)4-6-13/h3-6,11,18H,7-10H2,1-2H3,(H,16,19). The van der Waals surface area contributed by atoms with Gasteiger partial charge < -0.3 is 15.2 Å². The fourth-order valence-electron chi connectivity index (χ4n) is 1.47. The number of aliphatic hydroxyl groups is 1. The number of benzene rings is 1. The molecule has 0 aliphatic rings. The minimum absolute atomic E-state index is 0.0114. The molecule has 0 saturated heterocycles. The van der Waals surface area contributed by atoms with Crippen LogP contribution in [-0.2, 0) is 4.79 Å². The monoisotopic (exact) mass is 284 g/mol. The maximum atomic E-state index is 12.7. The predicted molar refractivity (Wildman–Crippen MR) is 74.1 cm³/mol. The zero-order valence-electron chi connectivity index (χ0n) is 11.8. The second kappa shape index (κ2) is 8.50. The van der Waals surface area contributed by atoms with E-state index >= 15 is 0 Å². The van der Waals surface area contributed by atoms with Crippen LogP contribution in [0.4, 0.5) is 4.39 Å². The molecule has 0 aliphatic heterocycles. The molecule has 0 saturated carbocycles. The maximum Gasteiger partial charge on any atom is 0.234 e. The number of aliphatic hydroxyl groups excluding tert-OH is 1. The summed E-state index contributed by atoms with van der Waals surface area (Å²) in [4.78, 5) is 13.4. The maximum absolute atomic E-state index is 12.7. The molecule has 0 spiro atoms. The van der Waals surface area contributed by atoms with E-state index in [2.05, 4.69) is 5.32 Å². The molecule has 0 fully saturated rings. The van der Waals surface area contributed by atoms with E-state index in [1.807, 2.05) is 6.92 Å². The number of carbonyl (C=O) groups is 1. The summed E-state index contributed by atoms with van der Waals surface area (Å²) < 4.78 is 18.0. The average Bonchev–Trinajstić information content (AvgIpc) is 2.44. The van der Waals surface area contributed by atoms with Crippen molar-refractivity contribution in [3.63, 3.8) is 0 Å². The Morgan fingerprint density at radius 1 is 1.45 bits per heavy atom. The van der Waals surface area contributed by atoms with Crippen molar-refractivity contribution < 1.29 is 19.0 Å². The molecule has 2 N–H and O–H groups in total. The molecule has 1 unspecified atom stereocenters. The Balaban J connectivity index is 2.17. The van der Waals surface area contributed by atoms with Gasteiger partial charge >= 0.3 is 0 Å². The van der Waals surface area contributed by atoms with Crippen molar-refractivity contribution in [3.8, 4) is 5.75 Å². The van der Waals surface area contributed by atoms with E-state index in [1.54, 1.807) is 11.9 Å². The SMILES string of the molecule is CC(CO)N(C)CC(=O)NCCOc1ccc(F)cc1. The molecule has 0 bridgehead atoms. The summed E-state index contributed by atoms with van der Waals surface area (Å²) in [5, 5.41) is 11.7. The fraction of sp³-hybridized carbons (Fsp3) is 0.500. The molecular formula is C14H21FN2O3. The molecule has 112 valence electrons. The third-order valence-electron chi connectivity index (χ3n) is 2.92. The Labute approximate surface area is 118 Å². The minimum Gasteiger partial charge on any atom is -0.492 e. The Hall–Kier alpha value is -1.66. The summed E-state index contributed by atoms with van der Waals surface area (Å²) in [6.45, 7) is 2.76. The van der Waals surface area contributed by atoms with Crippen LogP contribution in [0.2, 0.25) is 0 Å². The highest BCUT2D eigenvalue weighted by molar-refractivity contribution is 5.77. The van der Waals surface area contributed by atoms with Crippen LogP contribution < -0.4 is 10.1 Å². The highest BCUT2D eigenvalue weighted by atomic mass is 19.1. The van der Waals surface area contributed by atoms with E-state index in [0.717, 1.165) is 0 Å². The lowest BCUT2D eigenvalue weighted by atomic mass is 10.3. The highest BCUT2D eigenvalue weighted by Crippen LogP contribution is 2.10. The minimum atomic E-state index is -0.313. The van der Waals surface area contributed by atoms with Crippen LogP contribution in [0.15, 0.2) is 24.3 Å². The van der Waals surface area contributed by atoms with Crippen molar-refractivity contribution in [2.75, 3.05) is 33.4 Å². The van der Waals surface area contributed by atoms with Crippen LogP contribution in [0.5, 0.6) is 5.75 Å². The second-order valence-electron chi connectivity index (χ2n) is 4.60. The zero-order chi connectivity index (χ0) is 15.0. The number of hydrogen-bond acceptors (Lipinski definition) is 4. The normalized spacial score (nSPS) is 12.2. The molecule has 0 aromatic heterocycles. The number of halogens is 1. The van der Waals surface area contributed by atoms with E-state index in [1.165, 1.54) is 24.3 Å². The van der Waals surface area contributed by atoms with Gasteiger partial charge in [-0.2, -0.15) is 0 Å². The fourth-order valence-corrected chi connectivity index (χ4v) is 1.47. The molecule has 1 amide bonds. The molecule has 1 atom stereocenters. The van der Waals surface area contributed by atoms with Crippen LogP contribution in [0.3, 0.4) is 0 Å². The number of nitrogens with one attached hydrogen (secondary N) is 1. The van der Waals surface area contributed by atoms with Gasteiger partial charge in [-0.25, -0.2) is 4.39 Å². The van der Waals surface area contributed by atoms with Gasteiger partial charge in [0, 0.05) is 6.04 Å². The van der Waals surface area contributed by atoms with Crippen LogP contribution in [0.25, 0.3) is 0 Å². The number of carbonyl (C=O) groups excluding carboxylic acids is 1. The predicted octanol–water partition coefficient (Wildman–Crippen LogP) is 0.633. The molecule has 5 nitrogen and oxygen atoms in total. The van der Waals surface area contributed by atoms with E-state index in [4.69, 9.17) is 9.84 Å². The molecule has 0 radical (unpaired) electrons. The molecule has 1 aromatic carbocycles. The summed E-state index contributed by atoms with van der Waals surface area (Å²) in [5.74, 6) is 0.119. The van der Waals surface area contributed by atoms with E-state index in [0.29, 0.717) is 18.9 Å². The summed E-state index contributed by atoms with van der Waals surface area (Å²) in [7, 11) is 1.77. The molecule has 0 aliphatic carbocycles. The van der Waals surface area contributed by atoms with Crippen molar-refractivity contribution >= 4 is 5.91 Å². The van der Waals surface area contributed by atoms with Crippen molar-refractivity contribution in [1.82, 2.24) is 10.2 Å². The van der Waals surface area contributed by atoms with Gasteiger partial charge in [0.1, 0.15) is 18.2 Å². The van der Waals surface area contributed by atoms with E-state index < -0.39 is 0 Å². The smallest absolute Gasteiger partial charge is 0.234 e. The first-order chi connectivity index (χ1) is 9.52. The van der Waals surface area contributed by atoms with Crippen LogP contribution in [0.1, 0.15) is 6.92 Å². The number of ether oxygens (including phenoxy) is 1. The number of hydrogen-bond donors (Lipinski definition) is 2. The average molecular weight is 284 g/mol. The first-order valence-corrected chi connectivity index (χ1v) is 6.49. The highest BCUT2D eigenvalue weighted by Gasteiger charge is 2.11. The summed E-state index contributed by atoms with van der Waals surface area (Å²) in [6, 6.07) is 5.65. The van der Waals surface area contributed by atoms with Gasteiger partial charge in [-0.3, -0.25) is 9.69 Å². The molecule has 0 heterocycles. The Kier molecular flexibility index (Phi) is 6.97. The number of likely N-dealkylation sites (N-methyl/N-ethyl adjacent to an activating group) is 1. The Morgan fingerprint density at radius 2 is 2.10 bits per heavy atom. The third kappa shape index (κ3) is 5.99. The second-order valence-corrected chi connectivity index (χ2v) is 4.60. The van der Waals surface area contributed by atoms with Crippen molar-refractivity contribution in [1.29, 1.82) is 0 Å². The molecule has 1 rings (SSSR count). The largest absolute Gasteiger partial charge is 0.492 e. The lowest BCUT2D eigenvalue weighted by molar-refractivity contribution is -0.122. The van der Waals surface area contributed by atoms with Crippen LogP contribution in [-0.4, -0.2) is 55.3 Å². The molecular weight excluding hydrogens is 263 g/mol. The molecule has 20 heavy (non-hydrogen) atoms. The lowest BCUT2D eigenvalue weighted by Gasteiger charge is -2.21. The first-order valence-electron chi connectivity index (χ1n) is 6.49. The van der Waals surface area contributed by atoms with Crippen molar-refractivity contribution in [3.05, 3.63) is 30.1 Å². The summed E-state index contributed by atoms with van der Waals surface area (Å²) in [5.41, 5.74) is 0. The van der Waals surface area contributed by atoms with Crippen molar-refractivity contribution in [2.45, 2.75) is 13.0 Å². The van der Waals surface area contributed by atoms with Crippen LogP contribution >= 0.6 is 0 Å². The summed E-state index contributed by atoms with van der Waals surface area (Å²) >= 11 is 0. The van der Waals surface area contributed by atoms with Gasteiger partial charge in [0.2, 0.25) is 5.91 Å². The van der Waals surface area contributed by atoms with Gasteiger partial charge in [-0.15, -0.1) is 0 Å². The quantitative estimate of drug-likeness (QED) is 0.688. The van der Waals surface area contributed by atoms with Gasteiger partial charge in [0.25, 0.3) is 0 Å². The first kappa shape index (κ1) is 16.4. The Bertz CT molecular complexity index is 411. The van der Waals surface area contributed by atoms with Crippen molar-refractivity contribution in [2.24, 2.45) is 0 Å². The number of amides is 1. The summed E-state index contributed by atoms with van der Waals surface area (Å²) in [6.07, 6.45) is 0. The third-order valence-corrected chi connectivity index (χ3v) is 2.92. The zero-order valence-corrected chi connectivity index (χ0v) is 11.8. The topological polar surface area (TPSA) is 61.8 Å². The molecule has 1 aromatic rings. The van der Waals surface area contributed by atoms with Gasteiger partial charge in [-0.1, -0.05) is 0 Å². The van der Waals surface area contributed by atoms with Gasteiger partial charge in [-0.05, 0) is 38.2 Å². The van der Waals surface area contributed by atoms with E-state index in [-0.39, 0.29) is 30.9 Å². The molecule has 6 heteroatoms. The van der Waals surface area contributed by atoms with E-state index in [9.17, 15) is 9.18 Å². The lowest BCUT2D eigenvalue weighted by Crippen LogP contribution is -2.41. The van der Waals surface area contributed by atoms with Gasteiger partial charge in [0.05, 0.1) is 19.7 Å². The van der Waals surface area contributed by atoms with Crippen LogP contribution in [0, 0.1) is 5.82 Å². The van der Waals surface area contributed by atoms with Gasteiger partial charge in [0.15, 0.2) is 0 Å².